The Morgan fingerprint density at radius 1 is 1.31 bits per heavy atom. The lowest BCUT2D eigenvalue weighted by atomic mass is 10.1. The Bertz CT molecular complexity index is 709. The van der Waals surface area contributed by atoms with E-state index in [9.17, 15) is 4.79 Å². The standard InChI is InChI=1S/C18H25N5O2S/c1-3-5-13-10-14(22-21-13)11-23(2)17(24)16-7-6-15(25-16)12-26-18-19-8-4-9-20-18/h4,6-9,13-14,21-22H,3,5,10-12H2,1-2H3. The predicted octanol–water partition coefficient (Wildman–Crippen LogP) is 2.47. The Morgan fingerprint density at radius 3 is 2.85 bits per heavy atom. The third-order valence-corrected chi connectivity index (χ3v) is 5.19. The number of aromatic nitrogens is 2. The number of furan rings is 1. The van der Waals surface area contributed by atoms with E-state index in [1.54, 1.807) is 29.4 Å². The summed E-state index contributed by atoms with van der Waals surface area (Å²) in [5, 5.41) is 0.690. The van der Waals surface area contributed by atoms with Crippen molar-refractivity contribution in [3.05, 3.63) is 42.1 Å². The van der Waals surface area contributed by atoms with Crippen molar-refractivity contribution in [3.63, 3.8) is 0 Å². The summed E-state index contributed by atoms with van der Waals surface area (Å²) in [6.07, 6.45) is 6.74. The molecule has 3 heterocycles. The van der Waals surface area contributed by atoms with Crippen LogP contribution in [0.2, 0.25) is 0 Å². The molecule has 7 nitrogen and oxygen atoms in total. The van der Waals surface area contributed by atoms with Crippen LogP contribution in [-0.4, -0.2) is 46.5 Å². The number of nitrogens with one attached hydrogen (secondary N) is 2. The van der Waals surface area contributed by atoms with Crippen molar-refractivity contribution in [2.45, 2.75) is 49.2 Å². The largest absolute Gasteiger partial charge is 0.455 e. The molecule has 0 aromatic carbocycles. The molecule has 2 N–H and O–H groups in total. The van der Waals surface area contributed by atoms with Gasteiger partial charge in [-0.2, -0.15) is 0 Å². The molecule has 2 aromatic rings. The Hall–Kier alpha value is -1.90. The number of rotatable bonds is 8. The highest BCUT2D eigenvalue weighted by Gasteiger charge is 2.26. The van der Waals surface area contributed by atoms with Crippen molar-refractivity contribution in [1.82, 2.24) is 25.7 Å². The highest BCUT2D eigenvalue weighted by atomic mass is 32.2. The molecule has 0 saturated carbocycles. The van der Waals surface area contributed by atoms with Gasteiger partial charge in [-0.05, 0) is 31.0 Å². The summed E-state index contributed by atoms with van der Waals surface area (Å²) < 4.78 is 5.71. The normalized spacial score (nSPS) is 19.6. The fourth-order valence-electron chi connectivity index (χ4n) is 3.02. The van der Waals surface area contributed by atoms with Gasteiger partial charge in [0.05, 0.1) is 5.75 Å². The summed E-state index contributed by atoms with van der Waals surface area (Å²) in [4.78, 5) is 22.6. The lowest BCUT2D eigenvalue weighted by molar-refractivity contribution is 0.0750. The molecule has 8 heteroatoms. The Morgan fingerprint density at radius 2 is 2.08 bits per heavy atom. The number of hydrogen-bond donors (Lipinski definition) is 2. The van der Waals surface area contributed by atoms with Gasteiger partial charge < -0.3 is 9.32 Å². The third kappa shape index (κ3) is 5.06. The molecular weight excluding hydrogens is 350 g/mol. The lowest BCUT2D eigenvalue weighted by Gasteiger charge is -2.19. The number of nitrogens with zero attached hydrogens (tertiary/aromatic N) is 3. The Balaban J connectivity index is 1.49. The smallest absolute Gasteiger partial charge is 0.289 e. The van der Waals surface area contributed by atoms with E-state index >= 15 is 0 Å². The number of likely N-dealkylation sites (N-methyl/N-ethyl adjacent to an activating group) is 1. The van der Waals surface area contributed by atoms with Crippen LogP contribution in [0.1, 0.15) is 42.5 Å². The van der Waals surface area contributed by atoms with E-state index in [-0.39, 0.29) is 11.9 Å². The van der Waals surface area contributed by atoms with E-state index < -0.39 is 0 Å². The summed E-state index contributed by atoms with van der Waals surface area (Å²) in [6.45, 7) is 2.83. The summed E-state index contributed by atoms with van der Waals surface area (Å²) in [6, 6.07) is 6.11. The molecular formula is C18H25N5O2S. The molecule has 2 aromatic heterocycles. The number of hydrogen-bond acceptors (Lipinski definition) is 7. The van der Waals surface area contributed by atoms with Gasteiger partial charge in [-0.15, -0.1) is 0 Å². The van der Waals surface area contributed by atoms with Crippen LogP contribution in [0.25, 0.3) is 0 Å². The molecule has 1 amide bonds. The topological polar surface area (TPSA) is 83.3 Å². The van der Waals surface area contributed by atoms with Crippen molar-refractivity contribution >= 4 is 17.7 Å². The van der Waals surface area contributed by atoms with Crippen molar-refractivity contribution in [3.8, 4) is 0 Å². The van der Waals surface area contributed by atoms with Gasteiger partial charge in [-0.3, -0.25) is 15.6 Å². The van der Waals surface area contributed by atoms with Crippen molar-refractivity contribution in [2.75, 3.05) is 13.6 Å². The van der Waals surface area contributed by atoms with Crippen molar-refractivity contribution in [1.29, 1.82) is 0 Å². The Labute approximate surface area is 157 Å². The maximum absolute atomic E-state index is 12.6. The van der Waals surface area contributed by atoms with Crippen LogP contribution < -0.4 is 10.9 Å². The predicted molar refractivity (Wildman–Crippen MR) is 101 cm³/mol. The number of carbonyl (C=O) groups excluding carboxylic acids is 1. The summed E-state index contributed by atoms with van der Waals surface area (Å²) >= 11 is 1.48. The summed E-state index contributed by atoms with van der Waals surface area (Å²) in [5.41, 5.74) is 6.58. The minimum absolute atomic E-state index is 0.0991. The van der Waals surface area contributed by atoms with Crippen LogP contribution in [0, 0.1) is 0 Å². The first-order valence-corrected chi connectivity index (χ1v) is 9.89. The first kappa shape index (κ1) is 18.9. The van der Waals surface area contributed by atoms with Gasteiger partial charge in [-0.25, -0.2) is 9.97 Å². The number of carbonyl (C=O) groups is 1. The quantitative estimate of drug-likeness (QED) is 0.542. The number of thioether (sulfide) groups is 1. The zero-order valence-electron chi connectivity index (χ0n) is 15.1. The molecule has 2 atom stereocenters. The highest BCUT2D eigenvalue weighted by Crippen LogP contribution is 2.21. The molecule has 3 rings (SSSR count). The van der Waals surface area contributed by atoms with Gasteiger partial charge in [0.1, 0.15) is 5.76 Å². The summed E-state index contributed by atoms with van der Waals surface area (Å²) in [7, 11) is 1.81. The van der Waals surface area contributed by atoms with Crippen molar-refractivity contribution < 1.29 is 9.21 Å². The second-order valence-electron chi connectivity index (χ2n) is 6.48. The highest BCUT2D eigenvalue weighted by molar-refractivity contribution is 7.98. The van der Waals surface area contributed by atoms with Crippen LogP contribution in [0.3, 0.4) is 0 Å². The molecule has 1 aliphatic heterocycles. The number of amides is 1. The van der Waals surface area contributed by atoms with Gasteiger partial charge in [0.25, 0.3) is 5.91 Å². The van der Waals surface area contributed by atoms with Crippen LogP contribution in [0.5, 0.6) is 0 Å². The molecule has 1 aliphatic rings. The van der Waals surface area contributed by atoms with E-state index in [0.29, 0.717) is 29.3 Å². The maximum Gasteiger partial charge on any atom is 0.289 e. The maximum atomic E-state index is 12.6. The molecule has 0 radical (unpaired) electrons. The van der Waals surface area contributed by atoms with Crippen LogP contribution in [0.4, 0.5) is 0 Å². The fourth-order valence-corrected chi connectivity index (χ4v) is 3.72. The second-order valence-corrected chi connectivity index (χ2v) is 7.42. The monoisotopic (exact) mass is 375 g/mol. The minimum atomic E-state index is -0.0991. The molecule has 26 heavy (non-hydrogen) atoms. The van der Waals surface area contributed by atoms with E-state index in [2.05, 4.69) is 27.7 Å². The van der Waals surface area contributed by atoms with Crippen LogP contribution in [0.15, 0.2) is 40.2 Å². The van der Waals surface area contributed by atoms with Gasteiger partial charge in [0.2, 0.25) is 0 Å². The summed E-state index contributed by atoms with van der Waals surface area (Å²) in [5.74, 6) is 1.60. The SMILES string of the molecule is CCCC1CC(CN(C)C(=O)c2ccc(CSc3ncccn3)o2)NN1. The molecule has 0 spiro atoms. The van der Waals surface area contributed by atoms with E-state index in [1.807, 2.05) is 13.1 Å². The van der Waals surface area contributed by atoms with Crippen LogP contribution in [-0.2, 0) is 5.75 Å². The molecule has 0 bridgehead atoms. The second kappa shape index (κ2) is 9.16. The fraction of sp³-hybridized carbons (Fsp3) is 0.500. The van der Waals surface area contributed by atoms with Gasteiger partial charge in [-0.1, -0.05) is 25.1 Å². The molecule has 140 valence electrons. The average molecular weight is 375 g/mol. The van der Waals surface area contributed by atoms with Crippen molar-refractivity contribution in [2.24, 2.45) is 0 Å². The molecule has 0 aliphatic carbocycles. The van der Waals surface area contributed by atoms with Gasteiger partial charge in [0, 0.05) is 38.1 Å². The van der Waals surface area contributed by atoms with E-state index in [1.165, 1.54) is 11.8 Å². The molecule has 1 saturated heterocycles. The van der Waals surface area contributed by atoms with Gasteiger partial charge in [0.15, 0.2) is 10.9 Å². The average Bonchev–Trinajstić information content (AvgIpc) is 3.30. The molecule has 1 fully saturated rings. The Kier molecular flexibility index (Phi) is 6.65. The van der Waals surface area contributed by atoms with E-state index in [4.69, 9.17) is 4.42 Å². The van der Waals surface area contributed by atoms with E-state index in [0.717, 1.165) is 25.0 Å². The minimum Gasteiger partial charge on any atom is -0.455 e. The zero-order valence-corrected chi connectivity index (χ0v) is 16.0. The first-order chi connectivity index (χ1) is 12.7. The van der Waals surface area contributed by atoms with Gasteiger partial charge >= 0.3 is 0 Å². The lowest BCUT2D eigenvalue weighted by Crippen LogP contribution is -2.41. The third-order valence-electron chi connectivity index (χ3n) is 4.30. The zero-order chi connectivity index (χ0) is 18.4. The number of hydrazine groups is 1. The van der Waals surface area contributed by atoms with Crippen LogP contribution >= 0.6 is 11.8 Å². The first-order valence-electron chi connectivity index (χ1n) is 8.90. The molecule has 2 unspecified atom stereocenters.